The summed E-state index contributed by atoms with van der Waals surface area (Å²) in [7, 11) is 0. The molecular weight excluding hydrogens is 358 g/mol. The Hall–Kier alpha value is -2.67. The lowest BCUT2D eigenvalue weighted by Gasteiger charge is -2.12. The molecule has 0 atom stereocenters. The van der Waals surface area contributed by atoms with Crippen LogP contribution in [0.4, 0.5) is 0 Å². The third-order valence-electron chi connectivity index (χ3n) is 3.92. The molecule has 3 aromatic rings. The van der Waals surface area contributed by atoms with E-state index in [9.17, 15) is 4.79 Å². The molecule has 0 unspecified atom stereocenters. The summed E-state index contributed by atoms with van der Waals surface area (Å²) in [4.78, 5) is 16.5. The largest absolute Gasteiger partial charge is 0.355 e. The van der Waals surface area contributed by atoms with Gasteiger partial charge in [-0.15, -0.1) is 10.2 Å². The normalized spacial score (nSPS) is 11.0. The van der Waals surface area contributed by atoms with Gasteiger partial charge in [0.15, 0.2) is 11.0 Å². The monoisotopic (exact) mass is 381 g/mol. The van der Waals surface area contributed by atoms with Gasteiger partial charge in [0, 0.05) is 12.7 Å². The van der Waals surface area contributed by atoms with E-state index in [2.05, 4.69) is 34.3 Å². The fourth-order valence-electron chi connectivity index (χ4n) is 2.55. The molecule has 0 aliphatic carbocycles. The van der Waals surface area contributed by atoms with E-state index >= 15 is 0 Å². The van der Waals surface area contributed by atoms with Crippen LogP contribution in [0.25, 0.3) is 17.2 Å². The molecule has 0 saturated carbocycles. The van der Waals surface area contributed by atoms with Gasteiger partial charge >= 0.3 is 0 Å². The van der Waals surface area contributed by atoms with Gasteiger partial charge < -0.3 is 5.32 Å². The van der Waals surface area contributed by atoms with Crippen molar-refractivity contribution in [2.45, 2.75) is 25.9 Å². The zero-order valence-corrected chi connectivity index (χ0v) is 16.5. The molecule has 0 aliphatic heterocycles. The van der Waals surface area contributed by atoms with E-state index in [-0.39, 0.29) is 5.91 Å². The average molecular weight is 382 g/mol. The number of carbonyl (C=O) groups is 1. The number of hydrogen-bond acceptors (Lipinski definition) is 5. The Balaban J connectivity index is 1.92. The molecule has 2 heterocycles. The summed E-state index contributed by atoms with van der Waals surface area (Å²) in [5, 5.41) is 12.3. The first kappa shape index (κ1) is 19.1. The number of aryl methyl sites for hydroxylation is 1. The van der Waals surface area contributed by atoms with E-state index < -0.39 is 0 Å². The highest BCUT2D eigenvalue weighted by Gasteiger charge is 2.19. The van der Waals surface area contributed by atoms with Crippen molar-refractivity contribution in [1.29, 1.82) is 0 Å². The summed E-state index contributed by atoms with van der Waals surface area (Å²) in [5.41, 5.74) is 2.82. The van der Waals surface area contributed by atoms with Crippen LogP contribution in [0.3, 0.4) is 0 Å². The Morgan fingerprint density at radius 2 is 1.93 bits per heavy atom. The van der Waals surface area contributed by atoms with Crippen LogP contribution in [0.15, 0.2) is 53.8 Å². The van der Waals surface area contributed by atoms with Crippen LogP contribution in [-0.4, -0.2) is 38.0 Å². The van der Waals surface area contributed by atoms with Crippen molar-refractivity contribution in [2.24, 2.45) is 5.92 Å². The highest BCUT2D eigenvalue weighted by Crippen LogP contribution is 2.28. The molecule has 0 saturated heterocycles. The molecule has 3 rings (SSSR count). The standard InChI is InChI=1S/C20H23N5OS/c1-14(2)12-22-18(26)13-27-20-24-23-19(16-9-6-7-11-21-16)25(20)17-10-5-4-8-15(17)3/h4-11,14H,12-13H2,1-3H3,(H,22,26). The van der Waals surface area contributed by atoms with Gasteiger partial charge in [-0.05, 0) is 36.6 Å². The van der Waals surface area contributed by atoms with Crippen LogP contribution in [0.5, 0.6) is 0 Å². The molecule has 7 heteroatoms. The number of carbonyl (C=O) groups excluding carboxylic acids is 1. The van der Waals surface area contributed by atoms with E-state index in [4.69, 9.17) is 0 Å². The van der Waals surface area contributed by atoms with Crippen molar-refractivity contribution in [2.75, 3.05) is 12.3 Å². The molecule has 0 aliphatic rings. The van der Waals surface area contributed by atoms with Gasteiger partial charge in [0.05, 0.1) is 11.4 Å². The lowest BCUT2D eigenvalue weighted by molar-refractivity contribution is -0.118. The third-order valence-corrected chi connectivity index (χ3v) is 4.85. The molecule has 140 valence electrons. The Labute approximate surface area is 163 Å². The zero-order chi connectivity index (χ0) is 19.2. The number of nitrogens with zero attached hydrogens (tertiary/aromatic N) is 4. The van der Waals surface area contributed by atoms with E-state index in [1.807, 2.05) is 54.0 Å². The topological polar surface area (TPSA) is 72.7 Å². The van der Waals surface area contributed by atoms with Gasteiger partial charge in [-0.3, -0.25) is 14.3 Å². The molecule has 1 N–H and O–H groups in total. The van der Waals surface area contributed by atoms with Crippen molar-refractivity contribution in [1.82, 2.24) is 25.1 Å². The van der Waals surface area contributed by atoms with Crippen LogP contribution in [0, 0.1) is 12.8 Å². The fourth-order valence-corrected chi connectivity index (χ4v) is 3.33. The molecule has 1 aromatic carbocycles. The number of thioether (sulfide) groups is 1. The predicted octanol–water partition coefficient (Wildman–Crippen LogP) is 3.50. The average Bonchev–Trinajstić information content (AvgIpc) is 3.09. The first-order valence-electron chi connectivity index (χ1n) is 8.88. The highest BCUT2D eigenvalue weighted by molar-refractivity contribution is 7.99. The maximum atomic E-state index is 12.1. The summed E-state index contributed by atoms with van der Waals surface area (Å²) < 4.78 is 1.97. The third kappa shape index (κ3) is 4.74. The number of amides is 1. The first-order chi connectivity index (χ1) is 13.1. The van der Waals surface area contributed by atoms with E-state index in [0.717, 1.165) is 16.9 Å². The van der Waals surface area contributed by atoms with Gasteiger partial charge in [-0.25, -0.2) is 0 Å². The van der Waals surface area contributed by atoms with Crippen LogP contribution >= 0.6 is 11.8 Å². The zero-order valence-electron chi connectivity index (χ0n) is 15.7. The number of hydrogen-bond donors (Lipinski definition) is 1. The molecule has 0 bridgehead atoms. The molecule has 0 radical (unpaired) electrons. The summed E-state index contributed by atoms with van der Waals surface area (Å²) in [6.07, 6.45) is 1.73. The SMILES string of the molecule is Cc1ccccc1-n1c(SCC(=O)NCC(C)C)nnc1-c1ccccn1. The van der Waals surface area contributed by atoms with Crippen molar-refractivity contribution in [3.8, 4) is 17.2 Å². The molecule has 6 nitrogen and oxygen atoms in total. The molecule has 2 aromatic heterocycles. The lowest BCUT2D eigenvalue weighted by Crippen LogP contribution is -2.28. The smallest absolute Gasteiger partial charge is 0.230 e. The van der Waals surface area contributed by atoms with Crippen molar-refractivity contribution in [3.63, 3.8) is 0 Å². The Morgan fingerprint density at radius 1 is 1.15 bits per heavy atom. The van der Waals surface area contributed by atoms with Gasteiger partial charge in [0.1, 0.15) is 5.69 Å². The second-order valence-corrected chi connectivity index (χ2v) is 7.57. The number of pyridine rings is 1. The van der Waals surface area contributed by atoms with Gasteiger partial charge in [0.25, 0.3) is 0 Å². The Morgan fingerprint density at radius 3 is 2.63 bits per heavy atom. The minimum atomic E-state index is -0.00702. The number of benzene rings is 1. The van der Waals surface area contributed by atoms with Gasteiger partial charge in [-0.1, -0.05) is 49.9 Å². The van der Waals surface area contributed by atoms with E-state index in [0.29, 0.717) is 29.2 Å². The van der Waals surface area contributed by atoms with E-state index in [1.54, 1.807) is 6.20 Å². The van der Waals surface area contributed by atoms with Gasteiger partial charge in [-0.2, -0.15) is 0 Å². The second-order valence-electron chi connectivity index (χ2n) is 6.63. The summed E-state index contributed by atoms with van der Waals surface area (Å²) >= 11 is 1.38. The molecule has 27 heavy (non-hydrogen) atoms. The molecule has 1 amide bonds. The van der Waals surface area contributed by atoms with Crippen molar-refractivity contribution in [3.05, 3.63) is 54.2 Å². The number of nitrogens with one attached hydrogen (secondary N) is 1. The van der Waals surface area contributed by atoms with Crippen LogP contribution in [0.1, 0.15) is 19.4 Å². The quantitative estimate of drug-likeness (QED) is 0.634. The van der Waals surface area contributed by atoms with Crippen molar-refractivity contribution < 1.29 is 4.79 Å². The first-order valence-corrected chi connectivity index (χ1v) is 9.87. The van der Waals surface area contributed by atoms with Gasteiger partial charge in [0.2, 0.25) is 5.91 Å². The maximum absolute atomic E-state index is 12.1. The fraction of sp³-hybridized carbons (Fsp3) is 0.300. The number of aromatic nitrogens is 4. The molecular formula is C20H23N5OS. The molecule has 0 spiro atoms. The van der Waals surface area contributed by atoms with Crippen LogP contribution < -0.4 is 5.32 Å². The minimum Gasteiger partial charge on any atom is -0.355 e. The molecule has 0 fully saturated rings. The summed E-state index contributed by atoms with van der Waals surface area (Å²) in [6, 6.07) is 13.7. The minimum absolute atomic E-state index is 0.00702. The lowest BCUT2D eigenvalue weighted by atomic mass is 10.2. The van der Waals surface area contributed by atoms with E-state index in [1.165, 1.54) is 11.8 Å². The predicted molar refractivity (Wildman–Crippen MR) is 108 cm³/mol. The Kier molecular flexibility index (Phi) is 6.24. The Bertz CT molecular complexity index is 908. The summed E-state index contributed by atoms with van der Waals surface area (Å²) in [6.45, 7) is 6.85. The number of rotatable bonds is 7. The van der Waals surface area contributed by atoms with Crippen molar-refractivity contribution >= 4 is 17.7 Å². The maximum Gasteiger partial charge on any atom is 0.230 e. The highest BCUT2D eigenvalue weighted by atomic mass is 32.2. The second kappa shape index (κ2) is 8.81. The summed E-state index contributed by atoms with van der Waals surface area (Å²) in [5.74, 6) is 1.37. The van der Waals surface area contributed by atoms with Crippen LogP contribution in [0.2, 0.25) is 0 Å². The van der Waals surface area contributed by atoms with Crippen LogP contribution in [-0.2, 0) is 4.79 Å². The number of para-hydroxylation sites is 1.